The number of nitriles is 1. The molecule has 0 radical (unpaired) electrons. The molecule has 0 spiro atoms. The highest BCUT2D eigenvalue weighted by Crippen LogP contribution is 2.25. The molecule has 0 heterocycles. The number of ether oxygens (including phenoxy) is 1. The molecule has 0 aliphatic heterocycles. The molecule has 1 atom stereocenters. The first kappa shape index (κ1) is 11.0. The average molecular weight is 256 g/mol. The molecule has 3 nitrogen and oxygen atoms in total. The smallest absolute Gasteiger partial charge is 0.134 e. The lowest BCUT2D eigenvalue weighted by Gasteiger charge is -2.09. The van der Waals surface area contributed by atoms with Crippen LogP contribution in [0.15, 0.2) is 22.7 Å². The summed E-state index contributed by atoms with van der Waals surface area (Å²) in [6, 6.07) is 7.09. The van der Waals surface area contributed by atoms with Crippen LogP contribution in [0.4, 0.5) is 0 Å². The van der Waals surface area contributed by atoms with E-state index in [2.05, 4.69) is 15.9 Å². The van der Waals surface area contributed by atoms with Gasteiger partial charge in [0.25, 0.3) is 0 Å². The zero-order valence-corrected chi connectivity index (χ0v) is 9.28. The Morgan fingerprint density at radius 1 is 1.64 bits per heavy atom. The van der Waals surface area contributed by atoms with Crippen molar-refractivity contribution in [3.8, 4) is 11.8 Å². The van der Waals surface area contributed by atoms with Crippen LogP contribution in [0.2, 0.25) is 0 Å². The van der Waals surface area contributed by atoms with Gasteiger partial charge in [-0.25, -0.2) is 0 Å². The van der Waals surface area contributed by atoms with Gasteiger partial charge in [-0.3, -0.25) is 0 Å². The van der Waals surface area contributed by atoms with E-state index in [1.54, 1.807) is 25.1 Å². The van der Waals surface area contributed by atoms with Crippen LogP contribution >= 0.6 is 15.9 Å². The molecule has 14 heavy (non-hydrogen) atoms. The van der Waals surface area contributed by atoms with E-state index >= 15 is 0 Å². The number of aliphatic hydroxyl groups is 1. The van der Waals surface area contributed by atoms with Crippen molar-refractivity contribution in [2.24, 2.45) is 0 Å². The van der Waals surface area contributed by atoms with Gasteiger partial charge in [0.1, 0.15) is 12.4 Å². The van der Waals surface area contributed by atoms with E-state index in [1.165, 1.54) is 0 Å². The monoisotopic (exact) mass is 255 g/mol. The predicted octanol–water partition coefficient (Wildman–Crippen LogP) is 2.08. The van der Waals surface area contributed by atoms with Crippen molar-refractivity contribution in [3.05, 3.63) is 28.2 Å². The zero-order valence-electron chi connectivity index (χ0n) is 7.70. The summed E-state index contributed by atoms with van der Waals surface area (Å²) in [5, 5.41) is 17.7. The number of aliphatic hydroxyl groups excluding tert-OH is 1. The SMILES string of the molecule is C[C@H](O)COc1cc(C#N)ccc1Br. The fraction of sp³-hybridized carbons (Fsp3) is 0.300. The predicted molar refractivity (Wildman–Crippen MR) is 56.0 cm³/mol. The molecule has 0 unspecified atom stereocenters. The van der Waals surface area contributed by atoms with Crippen LogP contribution in [0.1, 0.15) is 12.5 Å². The van der Waals surface area contributed by atoms with Gasteiger partial charge < -0.3 is 9.84 Å². The van der Waals surface area contributed by atoms with E-state index in [0.717, 1.165) is 4.47 Å². The summed E-state index contributed by atoms with van der Waals surface area (Å²) in [6.07, 6.45) is -0.521. The minimum atomic E-state index is -0.521. The average Bonchev–Trinajstić information content (AvgIpc) is 2.16. The van der Waals surface area contributed by atoms with Gasteiger partial charge in [0.15, 0.2) is 0 Å². The van der Waals surface area contributed by atoms with Crippen molar-refractivity contribution in [2.45, 2.75) is 13.0 Å². The summed E-state index contributed by atoms with van der Waals surface area (Å²) in [5.74, 6) is 0.574. The fourth-order valence-electron chi connectivity index (χ4n) is 0.894. The van der Waals surface area contributed by atoms with Crippen LogP contribution in [-0.4, -0.2) is 17.8 Å². The number of benzene rings is 1. The molecule has 74 valence electrons. The van der Waals surface area contributed by atoms with Crippen molar-refractivity contribution in [2.75, 3.05) is 6.61 Å². The first-order valence-electron chi connectivity index (χ1n) is 4.14. The van der Waals surface area contributed by atoms with E-state index in [1.807, 2.05) is 6.07 Å². The Bertz CT molecular complexity index is 358. The number of halogens is 1. The van der Waals surface area contributed by atoms with E-state index in [9.17, 15) is 0 Å². The van der Waals surface area contributed by atoms with Crippen molar-refractivity contribution in [3.63, 3.8) is 0 Å². The molecule has 0 saturated carbocycles. The van der Waals surface area contributed by atoms with Crippen molar-refractivity contribution in [1.29, 1.82) is 5.26 Å². The van der Waals surface area contributed by atoms with Crippen LogP contribution in [-0.2, 0) is 0 Å². The first-order chi connectivity index (χ1) is 6.63. The van der Waals surface area contributed by atoms with Gasteiger partial charge in [-0.2, -0.15) is 5.26 Å². The van der Waals surface area contributed by atoms with Gasteiger partial charge in [-0.1, -0.05) is 0 Å². The molecule has 0 saturated heterocycles. The first-order valence-corrected chi connectivity index (χ1v) is 4.93. The molecular formula is C10H10BrNO2. The minimum Gasteiger partial charge on any atom is -0.490 e. The lowest BCUT2D eigenvalue weighted by atomic mass is 10.2. The van der Waals surface area contributed by atoms with Crippen LogP contribution in [0.25, 0.3) is 0 Å². The highest BCUT2D eigenvalue weighted by atomic mass is 79.9. The summed E-state index contributed by atoms with van der Waals surface area (Å²) in [6.45, 7) is 1.86. The molecule has 1 N–H and O–H groups in total. The standard InChI is InChI=1S/C10H10BrNO2/c1-7(13)6-14-10-4-8(5-12)2-3-9(10)11/h2-4,7,13H,6H2,1H3/t7-/m0/s1. The number of rotatable bonds is 3. The molecule has 0 amide bonds. The topological polar surface area (TPSA) is 53.2 Å². The zero-order chi connectivity index (χ0) is 10.6. The largest absolute Gasteiger partial charge is 0.490 e. The molecule has 0 aliphatic carbocycles. The fourth-order valence-corrected chi connectivity index (χ4v) is 1.25. The van der Waals surface area contributed by atoms with E-state index in [-0.39, 0.29) is 6.61 Å². The number of hydrogen-bond donors (Lipinski definition) is 1. The van der Waals surface area contributed by atoms with E-state index in [0.29, 0.717) is 11.3 Å². The van der Waals surface area contributed by atoms with Crippen LogP contribution in [0, 0.1) is 11.3 Å². The summed E-state index contributed by atoms with van der Waals surface area (Å²) < 4.78 is 6.07. The van der Waals surface area contributed by atoms with E-state index in [4.69, 9.17) is 15.1 Å². The van der Waals surface area contributed by atoms with Gasteiger partial charge in [0.05, 0.1) is 22.2 Å². The Kier molecular flexibility index (Phi) is 3.93. The van der Waals surface area contributed by atoms with Crippen LogP contribution < -0.4 is 4.74 Å². The Morgan fingerprint density at radius 3 is 2.93 bits per heavy atom. The quantitative estimate of drug-likeness (QED) is 0.900. The molecular weight excluding hydrogens is 246 g/mol. The van der Waals surface area contributed by atoms with Gasteiger partial charge in [-0.15, -0.1) is 0 Å². The lowest BCUT2D eigenvalue weighted by molar-refractivity contribution is 0.122. The normalized spacial score (nSPS) is 11.9. The van der Waals surface area contributed by atoms with Crippen LogP contribution in [0.3, 0.4) is 0 Å². The second-order valence-corrected chi connectivity index (χ2v) is 3.77. The second-order valence-electron chi connectivity index (χ2n) is 2.92. The van der Waals surface area contributed by atoms with Crippen molar-refractivity contribution in [1.82, 2.24) is 0 Å². The second kappa shape index (κ2) is 4.99. The van der Waals surface area contributed by atoms with Gasteiger partial charge in [-0.05, 0) is 41.1 Å². The highest BCUT2D eigenvalue weighted by molar-refractivity contribution is 9.10. The maximum atomic E-state index is 9.03. The third-order valence-electron chi connectivity index (χ3n) is 1.54. The Balaban J connectivity index is 2.80. The lowest BCUT2D eigenvalue weighted by Crippen LogP contribution is -2.13. The van der Waals surface area contributed by atoms with Crippen molar-refractivity contribution >= 4 is 15.9 Å². The molecule has 1 rings (SSSR count). The summed E-state index contributed by atoms with van der Waals surface area (Å²) in [7, 11) is 0. The van der Waals surface area contributed by atoms with Gasteiger partial charge >= 0.3 is 0 Å². The molecule has 0 aliphatic rings. The molecule has 4 heteroatoms. The minimum absolute atomic E-state index is 0.216. The molecule has 0 aromatic heterocycles. The third-order valence-corrected chi connectivity index (χ3v) is 2.20. The Labute approximate surface area is 91.1 Å². The number of hydrogen-bond acceptors (Lipinski definition) is 3. The highest BCUT2D eigenvalue weighted by Gasteiger charge is 2.04. The summed E-state index contributed by atoms with van der Waals surface area (Å²) >= 11 is 3.29. The Morgan fingerprint density at radius 2 is 2.36 bits per heavy atom. The molecule has 1 aromatic carbocycles. The molecule has 0 bridgehead atoms. The Hall–Kier alpha value is -1.05. The maximum absolute atomic E-state index is 9.03. The van der Waals surface area contributed by atoms with Crippen LogP contribution in [0.5, 0.6) is 5.75 Å². The van der Waals surface area contributed by atoms with E-state index < -0.39 is 6.10 Å². The molecule has 1 aromatic rings. The van der Waals surface area contributed by atoms with Crippen molar-refractivity contribution < 1.29 is 9.84 Å². The summed E-state index contributed by atoms with van der Waals surface area (Å²) in [4.78, 5) is 0. The maximum Gasteiger partial charge on any atom is 0.134 e. The number of nitrogens with zero attached hydrogens (tertiary/aromatic N) is 1. The molecule has 0 fully saturated rings. The summed E-state index contributed by atoms with van der Waals surface area (Å²) in [5.41, 5.74) is 0.536. The van der Waals surface area contributed by atoms with Gasteiger partial charge in [0.2, 0.25) is 0 Å². The third kappa shape index (κ3) is 3.02. The van der Waals surface area contributed by atoms with Gasteiger partial charge in [0, 0.05) is 0 Å².